The van der Waals surface area contributed by atoms with Gasteiger partial charge in [-0.2, -0.15) is 9.40 Å². The van der Waals surface area contributed by atoms with Crippen molar-refractivity contribution in [1.82, 2.24) is 24.4 Å². The van der Waals surface area contributed by atoms with Gasteiger partial charge in [-0.3, -0.25) is 4.79 Å². The summed E-state index contributed by atoms with van der Waals surface area (Å²) >= 11 is 0. The monoisotopic (exact) mass is 399 g/mol. The third-order valence-corrected chi connectivity index (χ3v) is 6.59. The van der Waals surface area contributed by atoms with Gasteiger partial charge in [0.25, 0.3) is 5.91 Å². The van der Waals surface area contributed by atoms with E-state index in [9.17, 15) is 13.2 Å². The van der Waals surface area contributed by atoms with E-state index in [0.717, 1.165) is 24.1 Å². The van der Waals surface area contributed by atoms with Crippen molar-refractivity contribution in [3.05, 3.63) is 66.2 Å². The molecular formula is C19H21N5O3S. The van der Waals surface area contributed by atoms with Crippen molar-refractivity contribution in [3.63, 3.8) is 0 Å². The Labute approximate surface area is 163 Å². The van der Waals surface area contributed by atoms with Gasteiger partial charge < -0.3 is 10.3 Å². The molecule has 3 heterocycles. The second kappa shape index (κ2) is 7.61. The number of para-hydroxylation sites is 1. The Bertz CT molecular complexity index is 1070. The maximum absolute atomic E-state index is 12.6. The molecule has 1 amide bonds. The van der Waals surface area contributed by atoms with E-state index in [4.69, 9.17) is 0 Å². The van der Waals surface area contributed by atoms with Crippen LogP contribution in [0.15, 0.2) is 59.9 Å². The van der Waals surface area contributed by atoms with Gasteiger partial charge >= 0.3 is 0 Å². The number of carbonyl (C=O) groups excluding carboxylic acids is 1. The summed E-state index contributed by atoms with van der Waals surface area (Å²) in [5, 5.41) is 7.07. The molecule has 146 valence electrons. The zero-order chi connectivity index (χ0) is 19.6. The van der Waals surface area contributed by atoms with Gasteiger partial charge in [-0.05, 0) is 31.0 Å². The van der Waals surface area contributed by atoms with E-state index >= 15 is 0 Å². The molecule has 0 saturated carbocycles. The molecular weight excluding hydrogens is 378 g/mol. The van der Waals surface area contributed by atoms with Crippen molar-refractivity contribution in [2.75, 3.05) is 13.1 Å². The highest BCUT2D eigenvalue weighted by molar-refractivity contribution is 7.89. The summed E-state index contributed by atoms with van der Waals surface area (Å²) in [4.78, 5) is 15.3. The minimum absolute atomic E-state index is 0.122. The molecule has 1 saturated heterocycles. The SMILES string of the molecule is O=C(NCc1cnn(-c2ccccc2)c1)c1cc(S(=O)(=O)N2CCCC2)c[nH]1. The van der Waals surface area contributed by atoms with Gasteiger partial charge in [-0.1, -0.05) is 18.2 Å². The van der Waals surface area contributed by atoms with Crippen LogP contribution >= 0.6 is 0 Å². The predicted molar refractivity (Wildman–Crippen MR) is 104 cm³/mol. The number of amides is 1. The van der Waals surface area contributed by atoms with Crippen LogP contribution in [0.2, 0.25) is 0 Å². The number of hydrogen-bond donors (Lipinski definition) is 2. The Morgan fingerprint density at radius 2 is 1.93 bits per heavy atom. The van der Waals surface area contributed by atoms with Crippen LogP contribution in [0.1, 0.15) is 28.9 Å². The van der Waals surface area contributed by atoms with Gasteiger partial charge in [0, 0.05) is 37.6 Å². The van der Waals surface area contributed by atoms with Crippen LogP contribution in [0.25, 0.3) is 5.69 Å². The fraction of sp³-hybridized carbons (Fsp3) is 0.263. The Hall–Kier alpha value is -2.91. The third kappa shape index (κ3) is 3.71. The molecule has 2 N–H and O–H groups in total. The molecule has 3 aromatic rings. The maximum atomic E-state index is 12.6. The molecule has 1 aliphatic rings. The van der Waals surface area contributed by atoms with Crippen LogP contribution in [0, 0.1) is 0 Å². The van der Waals surface area contributed by atoms with E-state index in [1.54, 1.807) is 10.9 Å². The summed E-state index contributed by atoms with van der Waals surface area (Å²) in [7, 11) is -3.54. The highest BCUT2D eigenvalue weighted by Gasteiger charge is 2.28. The number of aromatic nitrogens is 3. The van der Waals surface area contributed by atoms with E-state index in [1.807, 2.05) is 36.5 Å². The summed E-state index contributed by atoms with van der Waals surface area (Å²) in [6.45, 7) is 1.35. The van der Waals surface area contributed by atoms with E-state index in [1.165, 1.54) is 16.6 Å². The van der Waals surface area contributed by atoms with Crippen molar-refractivity contribution in [3.8, 4) is 5.69 Å². The lowest BCUT2D eigenvalue weighted by Crippen LogP contribution is -2.27. The highest BCUT2D eigenvalue weighted by atomic mass is 32.2. The number of carbonyl (C=O) groups is 1. The molecule has 0 unspecified atom stereocenters. The van der Waals surface area contributed by atoms with Gasteiger partial charge in [0.15, 0.2) is 0 Å². The molecule has 2 aromatic heterocycles. The number of rotatable bonds is 6. The smallest absolute Gasteiger partial charge is 0.268 e. The predicted octanol–water partition coefficient (Wildman–Crippen LogP) is 1.91. The van der Waals surface area contributed by atoms with Crippen LogP contribution in [0.3, 0.4) is 0 Å². The van der Waals surface area contributed by atoms with Gasteiger partial charge in [0.1, 0.15) is 10.6 Å². The van der Waals surface area contributed by atoms with Gasteiger partial charge in [-0.15, -0.1) is 0 Å². The number of hydrogen-bond acceptors (Lipinski definition) is 4. The lowest BCUT2D eigenvalue weighted by Gasteiger charge is -2.13. The van der Waals surface area contributed by atoms with Crippen LogP contribution in [-0.4, -0.2) is 46.5 Å². The lowest BCUT2D eigenvalue weighted by atomic mass is 10.3. The fourth-order valence-electron chi connectivity index (χ4n) is 3.18. The molecule has 4 rings (SSSR count). The second-order valence-corrected chi connectivity index (χ2v) is 8.61. The topological polar surface area (TPSA) is 100 Å². The Kier molecular flexibility index (Phi) is 5.01. The normalized spacial score (nSPS) is 15.0. The molecule has 0 spiro atoms. The third-order valence-electron chi connectivity index (χ3n) is 4.71. The summed E-state index contributed by atoms with van der Waals surface area (Å²) in [5.74, 6) is -0.365. The van der Waals surface area contributed by atoms with Crippen molar-refractivity contribution in [2.45, 2.75) is 24.3 Å². The van der Waals surface area contributed by atoms with Gasteiger partial charge in [0.05, 0.1) is 11.9 Å². The van der Waals surface area contributed by atoms with E-state index in [0.29, 0.717) is 19.6 Å². The second-order valence-electron chi connectivity index (χ2n) is 6.67. The first-order valence-corrected chi connectivity index (χ1v) is 10.5. The first-order chi connectivity index (χ1) is 13.5. The molecule has 1 aromatic carbocycles. The standard InChI is InChI=1S/C19H21N5O3S/c25-19(18-10-17(13-20-18)28(26,27)23-8-4-5-9-23)21-11-15-12-22-24(14-15)16-6-2-1-3-7-16/h1-3,6-7,10,12-14,20H,4-5,8-9,11H2,(H,21,25). The molecule has 0 radical (unpaired) electrons. The van der Waals surface area contributed by atoms with Crippen LogP contribution in [0.4, 0.5) is 0 Å². The molecule has 9 heteroatoms. The van der Waals surface area contributed by atoms with E-state index in [2.05, 4.69) is 15.4 Å². The Balaban J connectivity index is 1.40. The van der Waals surface area contributed by atoms with Crippen molar-refractivity contribution >= 4 is 15.9 Å². The molecule has 28 heavy (non-hydrogen) atoms. The van der Waals surface area contributed by atoms with Crippen LogP contribution in [0.5, 0.6) is 0 Å². The average molecular weight is 399 g/mol. The van der Waals surface area contributed by atoms with Crippen molar-refractivity contribution < 1.29 is 13.2 Å². The van der Waals surface area contributed by atoms with Gasteiger partial charge in [0.2, 0.25) is 10.0 Å². The van der Waals surface area contributed by atoms with Crippen molar-refractivity contribution in [1.29, 1.82) is 0 Å². The first kappa shape index (κ1) is 18.5. The summed E-state index contributed by atoms with van der Waals surface area (Å²) in [5.41, 5.74) is 1.99. The van der Waals surface area contributed by atoms with Crippen LogP contribution < -0.4 is 5.32 Å². The molecule has 0 aliphatic carbocycles. The first-order valence-electron chi connectivity index (χ1n) is 9.10. The summed E-state index contributed by atoms with van der Waals surface area (Å²) < 4.78 is 28.3. The largest absolute Gasteiger partial charge is 0.356 e. The minimum atomic E-state index is -3.54. The Morgan fingerprint density at radius 3 is 2.68 bits per heavy atom. The van der Waals surface area contributed by atoms with E-state index < -0.39 is 10.0 Å². The summed E-state index contributed by atoms with van der Waals surface area (Å²) in [6, 6.07) is 11.1. The van der Waals surface area contributed by atoms with Crippen molar-refractivity contribution in [2.24, 2.45) is 0 Å². The number of sulfonamides is 1. The quantitative estimate of drug-likeness (QED) is 0.661. The van der Waals surface area contributed by atoms with Crippen LogP contribution in [-0.2, 0) is 16.6 Å². The zero-order valence-electron chi connectivity index (χ0n) is 15.2. The average Bonchev–Trinajstić information content (AvgIpc) is 3.48. The summed E-state index contributed by atoms with van der Waals surface area (Å²) in [6.07, 6.45) is 6.64. The number of benzene rings is 1. The van der Waals surface area contributed by atoms with Gasteiger partial charge in [-0.25, -0.2) is 13.1 Å². The van der Waals surface area contributed by atoms with E-state index in [-0.39, 0.29) is 16.5 Å². The number of aromatic amines is 1. The number of nitrogens with zero attached hydrogens (tertiary/aromatic N) is 3. The molecule has 8 nitrogen and oxygen atoms in total. The highest BCUT2D eigenvalue weighted by Crippen LogP contribution is 2.21. The number of H-pyrrole nitrogens is 1. The lowest BCUT2D eigenvalue weighted by molar-refractivity contribution is 0.0946. The fourth-order valence-corrected chi connectivity index (χ4v) is 4.69. The molecule has 0 bridgehead atoms. The molecule has 0 atom stereocenters. The Morgan fingerprint density at radius 1 is 1.18 bits per heavy atom. The molecule has 1 fully saturated rings. The zero-order valence-corrected chi connectivity index (χ0v) is 16.0. The number of nitrogens with one attached hydrogen (secondary N) is 2. The minimum Gasteiger partial charge on any atom is -0.356 e. The molecule has 1 aliphatic heterocycles. The maximum Gasteiger partial charge on any atom is 0.268 e.